The van der Waals surface area contributed by atoms with E-state index < -0.39 is 0 Å². The third-order valence-electron chi connectivity index (χ3n) is 4.52. The Morgan fingerprint density at radius 2 is 2.21 bits per heavy atom. The number of ether oxygens (including phenoxy) is 1. The maximum atomic E-state index is 12.7. The predicted octanol–water partition coefficient (Wildman–Crippen LogP) is 4.81. The van der Waals surface area contributed by atoms with Gasteiger partial charge >= 0.3 is 0 Å². The van der Waals surface area contributed by atoms with Crippen LogP contribution in [-0.4, -0.2) is 40.4 Å². The molecule has 2 aromatic heterocycles. The summed E-state index contributed by atoms with van der Waals surface area (Å²) in [5, 5.41) is 14.3. The minimum atomic E-state index is 0.162. The van der Waals surface area contributed by atoms with Gasteiger partial charge < -0.3 is 15.0 Å². The van der Waals surface area contributed by atoms with Gasteiger partial charge in [-0.25, -0.2) is 0 Å². The van der Waals surface area contributed by atoms with Crippen LogP contribution in [0.3, 0.4) is 0 Å². The Bertz CT molecular complexity index is 929. The van der Waals surface area contributed by atoms with Crippen LogP contribution in [0.1, 0.15) is 23.8 Å². The van der Waals surface area contributed by atoms with Gasteiger partial charge in [-0.15, -0.1) is 21.5 Å². The lowest BCUT2D eigenvalue weighted by Crippen LogP contribution is -2.31. The number of hydrogen-bond donors (Lipinski definition) is 1. The second kappa shape index (κ2) is 8.93. The number of rotatable bonds is 7. The smallest absolute Gasteiger partial charge is 0.233 e. The number of methoxy groups -OCH3 is 1. The van der Waals surface area contributed by atoms with E-state index in [1.807, 2.05) is 35.2 Å². The zero-order valence-electron chi connectivity index (χ0n) is 15.3. The average molecular weight is 433 g/mol. The SMILES string of the molecule is COc1ccccc1Nc1nnc(SCC(=O)N2CCC[C@@H]2c2cccs2)s1. The zero-order valence-corrected chi connectivity index (χ0v) is 17.8. The molecule has 0 unspecified atom stereocenters. The molecule has 4 rings (SSSR count). The first-order valence-electron chi connectivity index (χ1n) is 8.94. The number of thioether (sulfide) groups is 1. The van der Waals surface area contributed by atoms with E-state index in [1.54, 1.807) is 18.4 Å². The number of amides is 1. The van der Waals surface area contributed by atoms with Crippen LogP contribution in [0, 0.1) is 0 Å². The molecule has 0 bridgehead atoms. The van der Waals surface area contributed by atoms with Gasteiger partial charge in [0.25, 0.3) is 0 Å². The van der Waals surface area contributed by atoms with Crippen molar-refractivity contribution in [2.45, 2.75) is 23.2 Å². The molecule has 6 nitrogen and oxygen atoms in total. The zero-order chi connectivity index (χ0) is 19.3. The van der Waals surface area contributed by atoms with Gasteiger partial charge in [0.05, 0.1) is 24.6 Å². The predicted molar refractivity (Wildman–Crippen MR) is 115 cm³/mol. The number of benzene rings is 1. The van der Waals surface area contributed by atoms with Crippen LogP contribution < -0.4 is 10.1 Å². The maximum Gasteiger partial charge on any atom is 0.233 e. The molecule has 9 heteroatoms. The Kier molecular flexibility index (Phi) is 6.13. The number of para-hydroxylation sites is 2. The normalized spacial score (nSPS) is 16.3. The third-order valence-corrected chi connectivity index (χ3v) is 7.45. The fraction of sp³-hybridized carbons (Fsp3) is 0.316. The van der Waals surface area contributed by atoms with E-state index in [1.165, 1.54) is 28.0 Å². The number of anilines is 2. The largest absolute Gasteiger partial charge is 0.495 e. The topological polar surface area (TPSA) is 67.3 Å². The van der Waals surface area contributed by atoms with Gasteiger partial charge in [0.1, 0.15) is 5.75 Å². The highest BCUT2D eigenvalue weighted by molar-refractivity contribution is 8.01. The van der Waals surface area contributed by atoms with E-state index in [9.17, 15) is 4.79 Å². The number of carbonyl (C=O) groups excluding carboxylic acids is 1. The highest BCUT2D eigenvalue weighted by Gasteiger charge is 2.30. The highest BCUT2D eigenvalue weighted by atomic mass is 32.2. The van der Waals surface area contributed by atoms with Crippen LogP contribution in [0.5, 0.6) is 5.75 Å². The van der Waals surface area contributed by atoms with E-state index in [4.69, 9.17) is 4.74 Å². The Hall–Kier alpha value is -2.10. The summed E-state index contributed by atoms with van der Waals surface area (Å²) in [6, 6.07) is 12.1. The molecular formula is C19H20N4O2S3. The molecule has 0 radical (unpaired) electrons. The Balaban J connectivity index is 1.35. The number of nitrogens with one attached hydrogen (secondary N) is 1. The molecule has 1 fully saturated rings. The Labute approximate surface area is 175 Å². The molecule has 146 valence electrons. The van der Waals surface area contributed by atoms with Crippen molar-refractivity contribution >= 4 is 51.2 Å². The lowest BCUT2D eigenvalue weighted by molar-refractivity contribution is -0.129. The molecular weight excluding hydrogens is 412 g/mol. The van der Waals surface area contributed by atoms with Crippen LogP contribution >= 0.6 is 34.4 Å². The molecule has 28 heavy (non-hydrogen) atoms. The van der Waals surface area contributed by atoms with Crippen molar-refractivity contribution < 1.29 is 9.53 Å². The van der Waals surface area contributed by atoms with Crippen molar-refractivity contribution in [1.82, 2.24) is 15.1 Å². The highest BCUT2D eigenvalue weighted by Crippen LogP contribution is 2.36. The molecule has 0 spiro atoms. The van der Waals surface area contributed by atoms with Crippen LogP contribution in [0.2, 0.25) is 0 Å². The first-order valence-corrected chi connectivity index (χ1v) is 11.6. The van der Waals surface area contributed by atoms with E-state index in [-0.39, 0.29) is 11.9 Å². The average Bonchev–Trinajstić information content (AvgIpc) is 3.47. The lowest BCUT2D eigenvalue weighted by atomic mass is 10.2. The fourth-order valence-electron chi connectivity index (χ4n) is 3.23. The summed E-state index contributed by atoms with van der Waals surface area (Å²) < 4.78 is 6.12. The van der Waals surface area contributed by atoms with Gasteiger partial charge in [-0.3, -0.25) is 4.79 Å². The first kappa shape index (κ1) is 19.2. The lowest BCUT2D eigenvalue weighted by Gasteiger charge is -2.23. The summed E-state index contributed by atoms with van der Waals surface area (Å²) in [6.07, 6.45) is 2.10. The van der Waals surface area contributed by atoms with E-state index in [0.717, 1.165) is 35.2 Å². The summed E-state index contributed by atoms with van der Waals surface area (Å²) in [7, 11) is 1.63. The second-order valence-electron chi connectivity index (χ2n) is 6.25. The Morgan fingerprint density at radius 3 is 3.04 bits per heavy atom. The molecule has 3 heterocycles. The van der Waals surface area contributed by atoms with E-state index in [0.29, 0.717) is 10.9 Å². The second-order valence-corrected chi connectivity index (χ2v) is 9.43. The quantitative estimate of drug-likeness (QED) is 0.541. The van der Waals surface area contributed by atoms with Crippen LogP contribution in [0.15, 0.2) is 46.1 Å². The number of aromatic nitrogens is 2. The summed E-state index contributed by atoms with van der Waals surface area (Å²) in [6.45, 7) is 0.832. The van der Waals surface area contributed by atoms with Gasteiger partial charge in [0, 0.05) is 11.4 Å². The molecule has 1 amide bonds. The molecule has 3 aromatic rings. The summed E-state index contributed by atoms with van der Waals surface area (Å²) in [5.41, 5.74) is 0.838. The van der Waals surface area contributed by atoms with Gasteiger partial charge in [-0.1, -0.05) is 41.3 Å². The van der Waals surface area contributed by atoms with Crippen molar-refractivity contribution in [3.63, 3.8) is 0 Å². The van der Waals surface area contributed by atoms with Crippen molar-refractivity contribution in [1.29, 1.82) is 0 Å². The molecule has 1 aliphatic heterocycles. The fourth-order valence-corrected chi connectivity index (χ4v) is 5.75. The van der Waals surface area contributed by atoms with Gasteiger partial charge in [0.15, 0.2) is 4.34 Å². The minimum Gasteiger partial charge on any atom is -0.495 e. The van der Waals surface area contributed by atoms with Gasteiger partial charge in [0.2, 0.25) is 11.0 Å². The molecule has 1 atom stereocenters. The van der Waals surface area contributed by atoms with Crippen LogP contribution in [0.4, 0.5) is 10.8 Å². The van der Waals surface area contributed by atoms with Gasteiger partial charge in [-0.2, -0.15) is 0 Å². The number of carbonyl (C=O) groups is 1. The van der Waals surface area contributed by atoms with Crippen LogP contribution in [-0.2, 0) is 4.79 Å². The monoisotopic (exact) mass is 432 g/mol. The van der Waals surface area contributed by atoms with Crippen molar-refractivity contribution in [2.24, 2.45) is 0 Å². The number of nitrogens with zero attached hydrogens (tertiary/aromatic N) is 3. The van der Waals surface area contributed by atoms with Crippen LogP contribution in [0.25, 0.3) is 0 Å². The number of thiophene rings is 1. The molecule has 0 saturated carbocycles. The third kappa shape index (κ3) is 4.31. The minimum absolute atomic E-state index is 0.162. The van der Waals surface area contributed by atoms with E-state index in [2.05, 4.69) is 27.0 Å². The van der Waals surface area contributed by atoms with Crippen molar-refractivity contribution in [2.75, 3.05) is 24.7 Å². The molecule has 1 N–H and O–H groups in total. The van der Waals surface area contributed by atoms with E-state index >= 15 is 0 Å². The molecule has 0 aliphatic carbocycles. The molecule has 1 aromatic carbocycles. The standard InChI is InChI=1S/C19H20N4O2S3/c1-25-15-8-3-2-6-13(15)20-18-21-22-19(28-18)27-12-17(24)23-10-4-7-14(23)16-9-5-11-26-16/h2-3,5-6,8-9,11,14H,4,7,10,12H2,1H3,(H,20,21)/t14-/m1/s1. The van der Waals surface area contributed by atoms with Crippen molar-refractivity contribution in [3.8, 4) is 5.75 Å². The first-order chi connectivity index (χ1) is 13.7. The van der Waals surface area contributed by atoms with Crippen molar-refractivity contribution in [3.05, 3.63) is 46.7 Å². The summed E-state index contributed by atoms with van der Waals surface area (Å²) in [5.74, 6) is 1.29. The molecule has 1 saturated heterocycles. The molecule has 1 aliphatic rings. The number of likely N-dealkylation sites (tertiary alicyclic amines) is 1. The maximum absolute atomic E-state index is 12.7. The Morgan fingerprint density at radius 1 is 1.32 bits per heavy atom. The number of hydrogen-bond acceptors (Lipinski definition) is 8. The van der Waals surface area contributed by atoms with Gasteiger partial charge in [-0.05, 0) is 36.4 Å². The summed E-state index contributed by atoms with van der Waals surface area (Å²) in [4.78, 5) is 16.0. The summed E-state index contributed by atoms with van der Waals surface area (Å²) >= 11 is 4.60.